The molecule has 0 unspecified atom stereocenters. The number of nitrogens with zero attached hydrogens (tertiary/aromatic N) is 1. The Morgan fingerprint density at radius 3 is 2.26 bits per heavy atom. The number of nitrogens with one attached hydrogen (secondary N) is 1. The first-order valence-corrected chi connectivity index (χ1v) is 6.69. The van der Waals surface area contributed by atoms with Crippen LogP contribution in [0, 0.1) is 0 Å². The molecule has 0 bridgehead atoms. The number of imide groups is 1. The number of anilines is 1. The van der Waals surface area contributed by atoms with Crippen LogP contribution >= 0.6 is 15.9 Å². The summed E-state index contributed by atoms with van der Waals surface area (Å²) in [6.45, 7) is 0.411. The number of halogens is 1. The Hall–Kier alpha value is -1.88. The fourth-order valence-corrected chi connectivity index (χ4v) is 2.81. The molecule has 1 N–H and O–H groups in total. The molecule has 0 aromatic heterocycles. The molecule has 0 saturated carbocycles. The summed E-state index contributed by atoms with van der Waals surface area (Å²) < 4.78 is 1.000. The number of rotatable bonds is 1. The number of amides is 2. The van der Waals surface area contributed by atoms with Gasteiger partial charge in [-0.1, -0.05) is 40.2 Å². The summed E-state index contributed by atoms with van der Waals surface area (Å²) in [6.07, 6.45) is 0. The first-order chi connectivity index (χ1) is 9.15. The number of piperazine rings is 1. The first-order valence-electron chi connectivity index (χ1n) is 5.90. The minimum atomic E-state index is -0.261. The van der Waals surface area contributed by atoms with Gasteiger partial charge in [-0.3, -0.25) is 14.9 Å². The van der Waals surface area contributed by atoms with Crippen molar-refractivity contribution in [2.75, 3.05) is 18.0 Å². The van der Waals surface area contributed by atoms with E-state index in [2.05, 4.69) is 21.2 Å². The fourth-order valence-electron chi connectivity index (χ4n) is 2.33. The predicted octanol–water partition coefficient (Wildman–Crippen LogP) is 2.07. The van der Waals surface area contributed by atoms with Crippen LogP contribution in [-0.4, -0.2) is 24.9 Å². The highest BCUT2D eigenvalue weighted by Gasteiger charge is 2.23. The van der Waals surface area contributed by atoms with Crippen molar-refractivity contribution in [1.82, 2.24) is 5.32 Å². The van der Waals surface area contributed by atoms with E-state index >= 15 is 0 Å². The highest BCUT2D eigenvalue weighted by atomic mass is 79.9. The van der Waals surface area contributed by atoms with Crippen LogP contribution in [0.2, 0.25) is 0 Å². The van der Waals surface area contributed by atoms with Gasteiger partial charge in [0, 0.05) is 15.5 Å². The second-order valence-electron chi connectivity index (χ2n) is 4.44. The quantitative estimate of drug-likeness (QED) is 0.819. The molecule has 4 nitrogen and oxygen atoms in total. The lowest BCUT2D eigenvalue weighted by Gasteiger charge is -2.28. The molecule has 2 aromatic carbocycles. The molecular formula is C14H11BrN2O2. The smallest absolute Gasteiger partial charge is 0.246 e. The molecule has 0 atom stereocenters. The summed E-state index contributed by atoms with van der Waals surface area (Å²) in [6, 6.07) is 11.8. The Balaban J connectivity index is 2.12. The van der Waals surface area contributed by atoms with Crippen molar-refractivity contribution in [2.45, 2.75) is 0 Å². The lowest BCUT2D eigenvalue weighted by molar-refractivity contribution is -0.130. The number of hydrogen-bond donors (Lipinski definition) is 1. The Labute approximate surface area is 118 Å². The Morgan fingerprint density at radius 2 is 1.58 bits per heavy atom. The molecule has 1 fully saturated rings. The maximum atomic E-state index is 11.5. The van der Waals surface area contributed by atoms with Gasteiger partial charge in [-0.15, -0.1) is 0 Å². The van der Waals surface area contributed by atoms with Crippen molar-refractivity contribution in [2.24, 2.45) is 0 Å². The fraction of sp³-hybridized carbons (Fsp3) is 0.143. The lowest BCUT2D eigenvalue weighted by Crippen LogP contribution is -2.51. The maximum Gasteiger partial charge on any atom is 0.246 e. The number of carbonyl (C=O) groups excluding carboxylic acids is 2. The van der Waals surface area contributed by atoms with E-state index in [1.165, 1.54) is 0 Å². The molecule has 2 amide bonds. The van der Waals surface area contributed by atoms with Crippen LogP contribution in [0.3, 0.4) is 0 Å². The van der Waals surface area contributed by atoms with Crippen molar-refractivity contribution in [1.29, 1.82) is 0 Å². The Kier molecular flexibility index (Phi) is 2.98. The van der Waals surface area contributed by atoms with Crippen LogP contribution in [0.5, 0.6) is 0 Å². The zero-order valence-electron chi connectivity index (χ0n) is 10.0. The molecule has 1 aliphatic rings. The molecule has 96 valence electrons. The highest BCUT2D eigenvalue weighted by Crippen LogP contribution is 2.32. The molecule has 1 heterocycles. The van der Waals surface area contributed by atoms with Crippen molar-refractivity contribution >= 4 is 44.2 Å². The van der Waals surface area contributed by atoms with Crippen molar-refractivity contribution in [3.8, 4) is 0 Å². The highest BCUT2D eigenvalue weighted by molar-refractivity contribution is 9.10. The molecule has 1 saturated heterocycles. The average molecular weight is 319 g/mol. The van der Waals surface area contributed by atoms with E-state index in [-0.39, 0.29) is 24.9 Å². The van der Waals surface area contributed by atoms with E-state index < -0.39 is 0 Å². The third kappa shape index (κ3) is 2.21. The van der Waals surface area contributed by atoms with Gasteiger partial charge in [-0.2, -0.15) is 0 Å². The zero-order chi connectivity index (χ0) is 13.4. The number of hydrogen-bond acceptors (Lipinski definition) is 3. The number of carbonyl (C=O) groups is 2. The van der Waals surface area contributed by atoms with Crippen LogP contribution in [0.4, 0.5) is 5.69 Å². The molecule has 0 aliphatic carbocycles. The lowest BCUT2D eigenvalue weighted by atomic mass is 10.1. The SMILES string of the molecule is O=C1CN(c2ccc(Br)c3ccccc23)CC(=O)N1. The molecule has 19 heavy (non-hydrogen) atoms. The number of fused-ring (bicyclic) bond motifs is 1. The average Bonchev–Trinajstić information content (AvgIpc) is 2.38. The second-order valence-corrected chi connectivity index (χ2v) is 5.29. The molecule has 1 aliphatic heterocycles. The van der Waals surface area contributed by atoms with Gasteiger partial charge in [0.15, 0.2) is 0 Å². The minimum absolute atomic E-state index is 0.206. The summed E-state index contributed by atoms with van der Waals surface area (Å²) in [5.41, 5.74) is 0.905. The van der Waals surface area contributed by atoms with Gasteiger partial charge >= 0.3 is 0 Å². The Morgan fingerprint density at radius 1 is 0.947 bits per heavy atom. The van der Waals surface area contributed by atoms with Crippen molar-refractivity contribution in [3.05, 3.63) is 40.9 Å². The standard InChI is InChI=1S/C14H11BrN2O2/c15-11-5-6-12(10-4-2-1-3-9(10)11)17-7-13(18)16-14(19)8-17/h1-6H,7-8H2,(H,16,18,19). The van der Waals surface area contributed by atoms with E-state index in [9.17, 15) is 9.59 Å². The Bertz CT molecular complexity index is 668. The van der Waals surface area contributed by atoms with E-state index in [4.69, 9.17) is 0 Å². The van der Waals surface area contributed by atoms with E-state index in [0.717, 1.165) is 20.9 Å². The normalized spacial score (nSPS) is 15.7. The van der Waals surface area contributed by atoms with E-state index in [1.54, 1.807) is 4.90 Å². The summed E-state index contributed by atoms with van der Waals surface area (Å²) in [5.74, 6) is -0.522. The van der Waals surface area contributed by atoms with Crippen LogP contribution in [0.25, 0.3) is 10.8 Å². The largest absolute Gasteiger partial charge is 0.352 e. The second kappa shape index (κ2) is 4.66. The monoisotopic (exact) mass is 318 g/mol. The third-order valence-corrected chi connectivity index (χ3v) is 3.83. The molecule has 3 rings (SSSR count). The van der Waals surface area contributed by atoms with Gasteiger partial charge in [0.05, 0.1) is 13.1 Å². The zero-order valence-corrected chi connectivity index (χ0v) is 11.6. The van der Waals surface area contributed by atoms with Gasteiger partial charge in [0.25, 0.3) is 0 Å². The van der Waals surface area contributed by atoms with Crippen LogP contribution < -0.4 is 10.2 Å². The van der Waals surface area contributed by atoms with Crippen LogP contribution in [-0.2, 0) is 9.59 Å². The topological polar surface area (TPSA) is 49.4 Å². The number of benzene rings is 2. The summed E-state index contributed by atoms with van der Waals surface area (Å²) >= 11 is 3.51. The van der Waals surface area contributed by atoms with Gasteiger partial charge in [0.1, 0.15) is 0 Å². The third-order valence-electron chi connectivity index (χ3n) is 3.14. The first kappa shape index (κ1) is 12.2. The summed E-state index contributed by atoms with van der Waals surface area (Å²) in [4.78, 5) is 24.8. The van der Waals surface area contributed by atoms with Crippen molar-refractivity contribution < 1.29 is 9.59 Å². The summed E-state index contributed by atoms with van der Waals surface area (Å²) in [7, 11) is 0. The van der Waals surface area contributed by atoms with Gasteiger partial charge in [-0.05, 0) is 17.5 Å². The molecule has 0 spiro atoms. The van der Waals surface area contributed by atoms with Gasteiger partial charge in [0.2, 0.25) is 11.8 Å². The summed E-state index contributed by atoms with van der Waals surface area (Å²) in [5, 5.41) is 4.40. The molecule has 2 aromatic rings. The van der Waals surface area contributed by atoms with Crippen LogP contribution in [0.1, 0.15) is 0 Å². The molecule has 5 heteroatoms. The predicted molar refractivity (Wildman–Crippen MR) is 77.0 cm³/mol. The van der Waals surface area contributed by atoms with Gasteiger partial charge in [-0.25, -0.2) is 0 Å². The van der Waals surface area contributed by atoms with E-state index in [0.29, 0.717) is 0 Å². The van der Waals surface area contributed by atoms with Crippen molar-refractivity contribution in [3.63, 3.8) is 0 Å². The minimum Gasteiger partial charge on any atom is -0.352 e. The van der Waals surface area contributed by atoms with E-state index in [1.807, 2.05) is 36.4 Å². The van der Waals surface area contributed by atoms with Crippen LogP contribution in [0.15, 0.2) is 40.9 Å². The molecule has 0 radical (unpaired) electrons. The molecular weight excluding hydrogens is 308 g/mol. The van der Waals surface area contributed by atoms with Gasteiger partial charge < -0.3 is 4.90 Å². The maximum absolute atomic E-state index is 11.5.